The summed E-state index contributed by atoms with van der Waals surface area (Å²) in [5.74, 6) is -1.81. The topological polar surface area (TPSA) is 114 Å². The largest absolute Gasteiger partial charge is 0.466 e. The highest BCUT2D eigenvalue weighted by molar-refractivity contribution is 7.80. The third-order valence-electron chi connectivity index (χ3n) is 7.37. The van der Waals surface area contributed by atoms with Gasteiger partial charge in [-0.2, -0.15) is 13.2 Å². The molecular formula is C22H25F3N2O6S2. The quantitative estimate of drug-likeness (QED) is 0.389. The molecule has 0 radical (unpaired) electrons. The number of thiophene rings is 1. The number of aliphatic hydroxyl groups is 1. The molecule has 4 aliphatic carbocycles. The van der Waals surface area contributed by atoms with Crippen LogP contribution in [-0.2, 0) is 24.7 Å². The zero-order valence-electron chi connectivity index (χ0n) is 19.0. The second-order valence-electron chi connectivity index (χ2n) is 9.65. The van der Waals surface area contributed by atoms with Crippen molar-refractivity contribution in [1.29, 1.82) is 0 Å². The van der Waals surface area contributed by atoms with E-state index in [9.17, 15) is 32.7 Å². The number of amides is 1. The van der Waals surface area contributed by atoms with E-state index in [0.717, 1.165) is 45.6 Å². The lowest BCUT2D eigenvalue weighted by Gasteiger charge is -2.55. The van der Waals surface area contributed by atoms with Gasteiger partial charge in [0.1, 0.15) is 9.88 Å². The third-order valence-corrected chi connectivity index (χ3v) is 8.61. The van der Waals surface area contributed by atoms with Gasteiger partial charge in [0.15, 0.2) is 5.11 Å². The van der Waals surface area contributed by atoms with Gasteiger partial charge in [-0.3, -0.25) is 4.79 Å². The Kier molecular flexibility index (Phi) is 6.64. The SMILES string of the molecule is COC(=O)c1cc(C(O)(C(=O)OC)C(F)(F)F)c(NC(=S)NC(=O)C23CC4CC(CC(C4)C2)C3)s1. The number of anilines is 1. The molecule has 1 amide bonds. The number of halogens is 3. The van der Waals surface area contributed by atoms with Crippen LogP contribution in [0.3, 0.4) is 0 Å². The molecule has 35 heavy (non-hydrogen) atoms. The number of rotatable bonds is 5. The van der Waals surface area contributed by atoms with Gasteiger partial charge >= 0.3 is 18.1 Å². The Morgan fingerprint density at radius 2 is 1.63 bits per heavy atom. The van der Waals surface area contributed by atoms with E-state index >= 15 is 0 Å². The highest BCUT2D eigenvalue weighted by atomic mass is 32.1. The summed E-state index contributed by atoms with van der Waals surface area (Å²) in [4.78, 5) is 37.0. The number of methoxy groups -OCH3 is 2. The van der Waals surface area contributed by atoms with E-state index in [2.05, 4.69) is 20.1 Å². The summed E-state index contributed by atoms with van der Waals surface area (Å²) in [7, 11) is 1.72. The molecule has 8 nitrogen and oxygen atoms in total. The Balaban J connectivity index is 1.60. The molecule has 1 unspecified atom stereocenters. The van der Waals surface area contributed by atoms with Gasteiger partial charge in [0.2, 0.25) is 5.91 Å². The first-order valence-corrected chi connectivity index (χ1v) is 12.3. The molecule has 4 fully saturated rings. The molecule has 13 heteroatoms. The van der Waals surface area contributed by atoms with Crippen molar-refractivity contribution in [1.82, 2.24) is 5.32 Å². The first kappa shape index (κ1) is 25.8. The van der Waals surface area contributed by atoms with Crippen LogP contribution >= 0.6 is 23.6 Å². The summed E-state index contributed by atoms with van der Waals surface area (Å²) >= 11 is 5.69. The van der Waals surface area contributed by atoms with Crippen molar-refractivity contribution in [3.05, 3.63) is 16.5 Å². The first-order valence-electron chi connectivity index (χ1n) is 11.1. The molecule has 0 aromatic carbocycles. The number of thiocarbonyl (C=S) groups is 1. The van der Waals surface area contributed by atoms with E-state index in [4.69, 9.17) is 12.2 Å². The molecule has 4 bridgehead atoms. The predicted octanol–water partition coefficient (Wildman–Crippen LogP) is 3.49. The van der Waals surface area contributed by atoms with Crippen molar-refractivity contribution >= 4 is 51.5 Å². The normalized spacial score (nSPS) is 28.7. The monoisotopic (exact) mass is 534 g/mol. The highest BCUT2D eigenvalue weighted by Crippen LogP contribution is 2.60. The summed E-state index contributed by atoms with van der Waals surface area (Å²) in [5.41, 5.74) is -5.64. The molecule has 1 aromatic heterocycles. The van der Waals surface area contributed by atoms with Crippen LogP contribution in [0.15, 0.2) is 6.07 Å². The average molecular weight is 535 g/mol. The van der Waals surface area contributed by atoms with Gasteiger partial charge in [-0.15, -0.1) is 11.3 Å². The van der Waals surface area contributed by atoms with Crippen LogP contribution in [0.5, 0.6) is 0 Å². The minimum atomic E-state index is -5.49. The Labute approximate surface area is 208 Å². The number of carbonyl (C=O) groups is 3. The maximum absolute atomic E-state index is 13.9. The van der Waals surface area contributed by atoms with E-state index in [1.807, 2.05) is 0 Å². The maximum atomic E-state index is 13.9. The zero-order chi connectivity index (χ0) is 25.8. The van der Waals surface area contributed by atoms with Gasteiger partial charge in [0.25, 0.3) is 5.60 Å². The van der Waals surface area contributed by atoms with E-state index in [1.165, 1.54) is 0 Å². The number of esters is 2. The lowest BCUT2D eigenvalue weighted by atomic mass is 9.49. The van der Waals surface area contributed by atoms with Crippen LogP contribution in [0, 0.1) is 23.2 Å². The second-order valence-corrected chi connectivity index (χ2v) is 11.1. The summed E-state index contributed by atoms with van der Waals surface area (Å²) in [5, 5.41) is 14.8. The Morgan fingerprint density at radius 1 is 1.09 bits per heavy atom. The van der Waals surface area contributed by atoms with Gasteiger partial charge in [-0.25, -0.2) is 9.59 Å². The summed E-state index contributed by atoms with van der Waals surface area (Å²) < 4.78 is 50.4. The van der Waals surface area contributed by atoms with Crippen molar-refractivity contribution in [2.45, 2.75) is 50.3 Å². The Bertz CT molecular complexity index is 1040. The zero-order valence-corrected chi connectivity index (χ0v) is 20.6. The lowest BCUT2D eigenvalue weighted by Crippen LogP contribution is -2.55. The summed E-state index contributed by atoms with van der Waals surface area (Å²) in [6.07, 6.45) is 0.116. The van der Waals surface area contributed by atoms with E-state index in [0.29, 0.717) is 42.3 Å². The van der Waals surface area contributed by atoms with Crippen molar-refractivity contribution in [2.24, 2.45) is 23.2 Å². The number of carbonyl (C=O) groups excluding carboxylic acids is 3. The molecule has 1 aromatic rings. The highest BCUT2D eigenvalue weighted by Gasteiger charge is 2.63. The second kappa shape index (κ2) is 9.00. The molecule has 4 saturated carbocycles. The van der Waals surface area contributed by atoms with Crippen molar-refractivity contribution in [3.8, 4) is 0 Å². The molecule has 1 atom stereocenters. The molecule has 192 valence electrons. The standard InChI is InChI=1S/C22H25F3N2O6S2/c1-32-16(28)14-6-13(21(31,18(30)33-2)22(23,24)25)15(35-14)26-19(34)27-17(29)20-7-10-3-11(8-20)5-12(4-10)9-20/h6,10-12,31H,3-5,7-9H2,1-2H3,(H2,26,27,29,34). The van der Waals surface area contributed by atoms with Gasteiger partial charge in [-0.05, 0) is 74.6 Å². The Hall–Kier alpha value is -2.25. The van der Waals surface area contributed by atoms with Crippen LogP contribution in [0.1, 0.15) is 53.8 Å². The van der Waals surface area contributed by atoms with Crippen LogP contribution in [0.4, 0.5) is 18.2 Å². The maximum Gasteiger partial charge on any atom is 0.432 e. The van der Waals surface area contributed by atoms with Crippen LogP contribution in [-0.4, -0.2) is 48.5 Å². The molecule has 0 aliphatic heterocycles. The van der Waals surface area contributed by atoms with Gasteiger partial charge in [-0.1, -0.05) is 0 Å². The van der Waals surface area contributed by atoms with Crippen molar-refractivity contribution in [2.75, 3.05) is 19.5 Å². The predicted molar refractivity (Wildman–Crippen MR) is 123 cm³/mol. The number of hydrogen-bond acceptors (Lipinski definition) is 8. The molecule has 0 spiro atoms. The molecule has 3 N–H and O–H groups in total. The third kappa shape index (κ3) is 4.42. The fourth-order valence-corrected chi connectivity index (χ4v) is 7.53. The van der Waals surface area contributed by atoms with E-state index < -0.39 is 39.7 Å². The van der Waals surface area contributed by atoms with E-state index in [1.54, 1.807) is 0 Å². The molecule has 5 rings (SSSR count). The molecule has 0 saturated heterocycles. The van der Waals surface area contributed by atoms with Crippen LogP contribution in [0.2, 0.25) is 0 Å². The van der Waals surface area contributed by atoms with Crippen LogP contribution in [0.25, 0.3) is 0 Å². The molecule has 4 aliphatic rings. The van der Waals surface area contributed by atoms with Gasteiger partial charge in [0, 0.05) is 5.56 Å². The van der Waals surface area contributed by atoms with Gasteiger partial charge < -0.3 is 25.2 Å². The number of ether oxygens (including phenoxy) is 2. The average Bonchev–Trinajstić information content (AvgIpc) is 3.19. The number of nitrogens with one attached hydrogen (secondary N) is 2. The van der Waals surface area contributed by atoms with Crippen molar-refractivity contribution < 1.29 is 42.1 Å². The summed E-state index contributed by atoms with van der Waals surface area (Å²) in [6, 6.07) is 0.687. The minimum Gasteiger partial charge on any atom is -0.466 e. The van der Waals surface area contributed by atoms with E-state index in [-0.39, 0.29) is 15.9 Å². The van der Waals surface area contributed by atoms with Crippen molar-refractivity contribution in [3.63, 3.8) is 0 Å². The van der Waals surface area contributed by atoms with Crippen LogP contribution < -0.4 is 10.6 Å². The first-order chi connectivity index (χ1) is 16.3. The smallest absolute Gasteiger partial charge is 0.432 e. The van der Waals surface area contributed by atoms with Gasteiger partial charge in [0.05, 0.1) is 19.6 Å². The minimum absolute atomic E-state index is 0.292. The fourth-order valence-electron chi connectivity index (χ4n) is 6.24. The molecular weight excluding hydrogens is 509 g/mol. The molecule has 1 heterocycles. The lowest BCUT2D eigenvalue weighted by molar-refractivity contribution is -0.266. The number of hydrogen-bond donors (Lipinski definition) is 3. The summed E-state index contributed by atoms with van der Waals surface area (Å²) in [6.45, 7) is 0. The fraction of sp³-hybridized carbons (Fsp3) is 0.636. The number of alkyl halides is 3. The Morgan fingerprint density at radius 3 is 2.09 bits per heavy atom.